The van der Waals surface area contributed by atoms with E-state index in [-0.39, 0.29) is 5.91 Å². The third-order valence-corrected chi connectivity index (χ3v) is 12.2. The first-order valence-corrected chi connectivity index (χ1v) is 21.7. The number of aromatic amines is 4. The molecule has 1 amide bonds. The first-order valence-electron chi connectivity index (χ1n) is 20.1. The fourth-order valence-corrected chi connectivity index (χ4v) is 8.98. The van der Waals surface area contributed by atoms with Crippen LogP contribution in [-0.4, -0.2) is 62.6 Å². The minimum atomic E-state index is -0.0337. The average molecular weight is 879 g/mol. The quantitative estimate of drug-likeness (QED) is 0.0301. The first kappa shape index (κ1) is 42.6. The van der Waals surface area contributed by atoms with Crippen LogP contribution in [0.5, 0.6) is 0 Å². The highest BCUT2D eigenvalue weighted by atomic mass is 32.1. The normalized spacial score (nSPS) is 15.0. The van der Waals surface area contributed by atoms with E-state index in [0.29, 0.717) is 55.2 Å². The lowest BCUT2D eigenvalue weighted by Crippen LogP contribution is -2.22. The maximum atomic E-state index is 12.9. The standard InChI is InChI=1S/C44H50N10O2S4/c1-29(56-50-33-14-9-18-37(28-33)54-43(59)48-49-44(54)60)22-24-52(3)35-16-7-12-31(26-35)39-20-5-4-19-38(39)30-11-6-15-34(25-30)51(2)23-10-21-40(55)45-32-13-8-17-36(27-32)53-41(57)46-47-42(53)58/h6-9,11-18,25-28,38-39,50H,1,4-5,10,19-24H2,2-3H3,(H,45,55)(H,46,57)(H,47,58)(H,48,59)(H,49,60). The summed E-state index contributed by atoms with van der Waals surface area (Å²) in [6.07, 6.45) is 6.52. The molecule has 16 heteroatoms. The fraction of sp³-hybridized carbons (Fsp3) is 0.295. The number of hydrogen-bond acceptors (Lipinski definition) is 9. The fourth-order valence-electron chi connectivity index (χ4n) is 7.87. The van der Waals surface area contributed by atoms with E-state index in [1.54, 1.807) is 9.13 Å². The second kappa shape index (κ2) is 19.7. The molecule has 4 aromatic carbocycles. The van der Waals surface area contributed by atoms with Crippen molar-refractivity contribution in [3.05, 3.63) is 140 Å². The summed E-state index contributed by atoms with van der Waals surface area (Å²) in [6, 6.07) is 33.1. The molecular weight excluding hydrogens is 829 g/mol. The molecule has 2 aromatic heterocycles. The topological polar surface area (TPSA) is 130 Å². The van der Waals surface area contributed by atoms with Gasteiger partial charge in [-0.05, 0) is 152 Å². The molecule has 2 unspecified atom stereocenters. The first-order chi connectivity index (χ1) is 29.0. The molecule has 1 aliphatic carbocycles. The molecule has 1 aliphatic rings. The van der Waals surface area contributed by atoms with Crippen LogP contribution in [0.2, 0.25) is 0 Å². The van der Waals surface area contributed by atoms with Gasteiger partial charge in [0.05, 0.1) is 17.1 Å². The summed E-state index contributed by atoms with van der Waals surface area (Å²) in [6.45, 7) is 5.66. The Bertz CT molecular complexity index is 2640. The van der Waals surface area contributed by atoms with Gasteiger partial charge in [-0.15, -0.1) is 0 Å². The molecule has 6 aromatic rings. The molecule has 60 heavy (non-hydrogen) atoms. The third kappa shape index (κ3) is 10.4. The van der Waals surface area contributed by atoms with Gasteiger partial charge in [0.2, 0.25) is 5.91 Å². The van der Waals surface area contributed by atoms with Crippen molar-refractivity contribution in [3.8, 4) is 11.4 Å². The van der Waals surface area contributed by atoms with Crippen molar-refractivity contribution in [2.75, 3.05) is 47.8 Å². The van der Waals surface area contributed by atoms with Crippen LogP contribution >= 0.6 is 48.9 Å². The molecule has 0 spiro atoms. The number of aromatic nitrogens is 6. The van der Waals surface area contributed by atoms with Gasteiger partial charge in [-0.25, -0.2) is 5.48 Å². The largest absolute Gasteiger partial charge is 0.387 e. The molecule has 6 N–H and O–H groups in total. The Labute approximate surface area is 370 Å². The van der Waals surface area contributed by atoms with E-state index in [1.807, 2.05) is 48.5 Å². The van der Waals surface area contributed by atoms with Crippen molar-refractivity contribution in [1.29, 1.82) is 0 Å². The Morgan fingerprint density at radius 3 is 1.72 bits per heavy atom. The summed E-state index contributed by atoms with van der Waals surface area (Å²) in [5.41, 5.74) is 11.2. The lowest BCUT2D eigenvalue weighted by molar-refractivity contribution is -0.116. The van der Waals surface area contributed by atoms with Crippen molar-refractivity contribution in [3.63, 3.8) is 0 Å². The van der Waals surface area contributed by atoms with Gasteiger partial charge in [0, 0.05) is 57.1 Å². The molecular formula is C44H50N10O2S4. The average Bonchev–Trinajstić information content (AvgIpc) is 3.79. The molecule has 7 rings (SSSR count). The lowest BCUT2D eigenvalue weighted by atomic mass is 9.72. The predicted octanol–water partition coefficient (Wildman–Crippen LogP) is 11.2. The second-order valence-corrected chi connectivity index (χ2v) is 16.7. The van der Waals surface area contributed by atoms with Crippen LogP contribution in [0, 0.1) is 19.1 Å². The van der Waals surface area contributed by atoms with Crippen LogP contribution in [0.4, 0.5) is 22.7 Å². The second-order valence-electron chi connectivity index (χ2n) is 15.2. The SMILES string of the molecule is C=C(CCN(C)c1cccc(C2CCCCC2c2cccc(N(C)CCCC(=O)Nc3cccc(-n4c(=S)[nH][nH]c4=S)c3)c2)c1)ONc1cccc(-n2c(=S)[nH][nH]c2=S)c1. The molecule has 0 radical (unpaired) electrons. The third-order valence-electron chi connectivity index (χ3n) is 11.0. The van der Waals surface area contributed by atoms with Crippen LogP contribution in [-0.2, 0) is 9.63 Å². The monoisotopic (exact) mass is 878 g/mol. The summed E-state index contributed by atoms with van der Waals surface area (Å²) in [5, 5.41) is 14.4. The maximum absolute atomic E-state index is 12.9. The van der Waals surface area contributed by atoms with Crippen molar-refractivity contribution in [1.82, 2.24) is 29.5 Å². The van der Waals surface area contributed by atoms with E-state index in [2.05, 4.69) is 110 Å². The van der Waals surface area contributed by atoms with E-state index < -0.39 is 0 Å². The van der Waals surface area contributed by atoms with Gasteiger partial charge in [0.25, 0.3) is 0 Å². The van der Waals surface area contributed by atoms with Gasteiger partial charge >= 0.3 is 0 Å². The van der Waals surface area contributed by atoms with E-state index in [4.69, 9.17) is 53.7 Å². The Hall–Kier alpha value is -5.55. The highest BCUT2D eigenvalue weighted by molar-refractivity contribution is 7.72. The molecule has 2 atom stereocenters. The Morgan fingerprint density at radius 1 is 0.683 bits per heavy atom. The summed E-state index contributed by atoms with van der Waals surface area (Å²) in [4.78, 5) is 23.3. The van der Waals surface area contributed by atoms with Crippen molar-refractivity contribution in [2.45, 2.75) is 56.8 Å². The molecule has 0 saturated heterocycles. The molecule has 1 saturated carbocycles. The molecule has 0 aliphatic heterocycles. The van der Waals surface area contributed by atoms with Gasteiger partial charge in [-0.1, -0.05) is 55.8 Å². The van der Waals surface area contributed by atoms with Crippen LogP contribution in [0.15, 0.2) is 109 Å². The minimum absolute atomic E-state index is 0.0337. The van der Waals surface area contributed by atoms with E-state index >= 15 is 0 Å². The Balaban J connectivity index is 0.914. The highest BCUT2D eigenvalue weighted by Gasteiger charge is 2.28. The van der Waals surface area contributed by atoms with Crippen molar-refractivity contribution in [2.24, 2.45) is 0 Å². The zero-order valence-electron chi connectivity index (χ0n) is 33.7. The number of benzene rings is 4. The summed E-state index contributed by atoms with van der Waals surface area (Å²) in [7, 11) is 4.22. The maximum Gasteiger partial charge on any atom is 0.224 e. The highest BCUT2D eigenvalue weighted by Crippen LogP contribution is 2.45. The minimum Gasteiger partial charge on any atom is -0.387 e. The van der Waals surface area contributed by atoms with Gasteiger partial charge in [0.15, 0.2) is 19.1 Å². The number of nitrogens with zero attached hydrogens (tertiary/aromatic N) is 4. The van der Waals surface area contributed by atoms with Gasteiger partial charge in [-0.2, -0.15) is 0 Å². The number of hydrogen-bond donors (Lipinski definition) is 6. The predicted molar refractivity (Wildman–Crippen MR) is 252 cm³/mol. The zero-order valence-corrected chi connectivity index (χ0v) is 37.0. The molecule has 2 heterocycles. The van der Waals surface area contributed by atoms with Gasteiger partial charge < -0.3 is 20.0 Å². The smallest absolute Gasteiger partial charge is 0.224 e. The number of carbonyl (C=O) groups is 1. The van der Waals surface area contributed by atoms with Crippen LogP contribution < -0.4 is 20.6 Å². The van der Waals surface area contributed by atoms with E-state index in [1.165, 1.54) is 29.7 Å². The Kier molecular flexibility index (Phi) is 14.0. The Morgan fingerprint density at radius 2 is 1.17 bits per heavy atom. The van der Waals surface area contributed by atoms with Crippen LogP contribution in [0.3, 0.4) is 0 Å². The number of anilines is 4. The summed E-state index contributed by atoms with van der Waals surface area (Å²) < 4.78 is 5.38. The molecule has 1 fully saturated rings. The number of amides is 1. The van der Waals surface area contributed by atoms with Crippen molar-refractivity contribution >= 4 is 77.5 Å². The van der Waals surface area contributed by atoms with E-state index in [9.17, 15) is 4.79 Å². The molecule has 312 valence electrons. The number of carbonyl (C=O) groups excluding carboxylic acids is 1. The van der Waals surface area contributed by atoms with Crippen LogP contribution in [0.25, 0.3) is 11.4 Å². The van der Waals surface area contributed by atoms with Crippen LogP contribution in [0.1, 0.15) is 67.9 Å². The number of rotatable bonds is 17. The summed E-state index contributed by atoms with van der Waals surface area (Å²) >= 11 is 21.4. The van der Waals surface area contributed by atoms with E-state index in [0.717, 1.165) is 55.1 Å². The van der Waals surface area contributed by atoms with Gasteiger partial charge in [-0.3, -0.25) is 34.3 Å². The number of H-pyrrole nitrogens is 4. The lowest BCUT2D eigenvalue weighted by Gasteiger charge is -2.34. The van der Waals surface area contributed by atoms with Crippen molar-refractivity contribution < 1.29 is 9.63 Å². The zero-order chi connectivity index (χ0) is 42.2. The summed E-state index contributed by atoms with van der Waals surface area (Å²) in [5.74, 6) is 1.44. The van der Waals surface area contributed by atoms with Gasteiger partial charge in [0.1, 0.15) is 5.76 Å². The molecule has 12 nitrogen and oxygen atoms in total. The number of nitrogens with one attached hydrogen (secondary N) is 6. The molecule has 0 bridgehead atoms.